The van der Waals surface area contributed by atoms with Crippen LogP contribution in [0.15, 0.2) is 34.4 Å². The molecule has 0 aliphatic carbocycles. The highest BCUT2D eigenvalue weighted by molar-refractivity contribution is 7.96. The largest absolute Gasteiger partial charge is 0.477 e. The number of carboxylic acid groups (broad SMARTS) is 1. The van der Waals surface area contributed by atoms with E-state index in [0.29, 0.717) is 4.90 Å². The van der Waals surface area contributed by atoms with Crippen molar-refractivity contribution in [1.82, 2.24) is 4.90 Å². The lowest BCUT2D eigenvalue weighted by molar-refractivity contribution is -0.149. The summed E-state index contributed by atoms with van der Waals surface area (Å²) in [5.74, 6) is -4.30. The zero-order valence-corrected chi connectivity index (χ0v) is 16.5. The number of aliphatic carboxylic acids is 1. The minimum Gasteiger partial charge on any atom is -0.477 e. The number of ether oxygens (including phenoxy) is 2. The molecule has 10 nitrogen and oxygen atoms in total. The molecule has 0 aromatic heterocycles. The predicted molar refractivity (Wildman–Crippen MR) is 93.9 cm³/mol. The highest BCUT2D eigenvalue weighted by atomic mass is 32.2. The first-order valence-electron chi connectivity index (χ1n) is 7.99. The molecular weight excluding hydrogens is 394 g/mol. The number of hydrogen-bond acceptors (Lipinski definition) is 8. The first-order valence-corrected chi connectivity index (χ1v) is 9.54. The van der Waals surface area contributed by atoms with E-state index in [1.165, 1.54) is 0 Å². The average Bonchev–Trinajstić information content (AvgIpc) is 2.51. The Bertz CT molecular complexity index is 963. The van der Waals surface area contributed by atoms with E-state index in [1.807, 2.05) is 0 Å². The van der Waals surface area contributed by atoms with Crippen LogP contribution in [-0.2, 0) is 38.5 Å². The number of carbonyl (C=O) groups excluding carboxylic acids is 3. The standard InChI is InChI=1S/C17H19NO9S/c1-8-11(7-26-9(2)19)13(16(22)23)18-14(21)10(15(18)28(8,24)25)6-12(20)27-17(3,4)5/h6,15H,1,7H2,2-5H3,(H,22,23)/b10-6-/t15-/m1/s1. The molecule has 0 saturated carbocycles. The Morgan fingerprint density at radius 2 is 1.86 bits per heavy atom. The fourth-order valence-electron chi connectivity index (χ4n) is 2.68. The van der Waals surface area contributed by atoms with E-state index in [2.05, 4.69) is 6.58 Å². The molecule has 0 radical (unpaired) electrons. The van der Waals surface area contributed by atoms with Crippen molar-refractivity contribution in [3.63, 3.8) is 0 Å². The Balaban J connectivity index is 2.54. The van der Waals surface area contributed by atoms with Gasteiger partial charge in [0.25, 0.3) is 5.91 Å². The number of fused-ring (bicyclic) bond motifs is 1. The van der Waals surface area contributed by atoms with Crippen molar-refractivity contribution >= 4 is 33.7 Å². The van der Waals surface area contributed by atoms with E-state index in [1.54, 1.807) is 20.8 Å². The van der Waals surface area contributed by atoms with Crippen LogP contribution in [0, 0.1) is 0 Å². The summed E-state index contributed by atoms with van der Waals surface area (Å²) in [7, 11) is -4.32. The first-order chi connectivity index (χ1) is 12.7. The van der Waals surface area contributed by atoms with Crippen LogP contribution < -0.4 is 0 Å². The predicted octanol–water partition coefficient (Wildman–Crippen LogP) is 0.267. The van der Waals surface area contributed by atoms with Crippen molar-refractivity contribution in [2.45, 2.75) is 38.7 Å². The summed E-state index contributed by atoms with van der Waals surface area (Å²) in [6.45, 7) is 8.53. The van der Waals surface area contributed by atoms with Gasteiger partial charge in [-0.3, -0.25) is 14.5 Å². The Morgan fingerprint density at radius 3 is 2.32 bits per heavy atom. The van der Waals surface area contributed by atoms with Gasteiger partial charge in [0, 0.05) is 18.6 Å². The molecule has 1 amide bonds. The zero-order valence-electron chi connectivity index (χ0n) is 15.6. The lowest BCUT2D eigenvalue weighted by atomic mass is 10.0. The summed E-state index contributed by atoms with van der Waals surface area (Å²) in [5.41, 5.74) is -2.39. The molecule has 0 aromatic rings. The number of rotatable bonds is 4. The molecule has 1 fully saturated rings. The van der Waals surface area contributed by atoms with Crippen LogP contribution in [0.5, 0.6) is 0 Å². The minimum atomic E-state index is -4.32. The van der Waals surface area contributed by atoms with Gasteiger partial charge in [0.1, 0.15) is 17.9 Å². The summed E-state index contributed by atoms with van der Waals surface area (Å²) in [6, 6.07) is 0. The molecule has 0 spiro atoms. The van der Waals surface area contributed by atoms with E-state index >= 15 is 0 Å². The third kappa shape index (κ3) is 3.70. The molecule has 11 heteroatoms. The van der Waals surface area contributed by atoms with Crippen molar-refractivity contribution in [1.29, 1.82) is 0 Å². The maximum Gasteiger partial charge on any atom is 0.353 e. The van der Waals surface area contributed by atoms with E-state index < -0.39 is 73.0 Å². The second kappa shape index (κ2) is 6.89. The third-order valence-corrected chi connectivity index (χ3v) is 5.76. The van der Waals surface area contributed by atoms with Crippen LogP contribution in [0.2, 0.25) is 0 Å². The molecule has 0 unspecified atom stereocenters. The molecule has 152 valence electrons. The third-order valence-electron chi connectivity index (χ3n) is 3.77. The summed E-state index contributed by atoms with van der Waals surface area (Å²) < 4.78 is 35.3. The van der Waals surface area contributed by atoms with Crippen LogP contribution in [-0.4, -0.2) is 59.8 Å². The van der Waals surface area contributed by atoms with Crippen molar-refractivity contribution in [2.24, 2.45) is 0 Å². The number of β-lactam (4-membered cyclic amide) rings is 1. The van der Waals surface area contributed by atoms with Crippen molar-refractivity contribution in [2.75, 3.05) is 6.61 Å². The molecule has 2 aliphatic rings. The Labute approximate surface area is 161 Å². The van der Waals surface area contributed by atoms with Crippen LogP contribution in [0.1, 0.15) is 27.7 Å². The normalized spacial score (nSPS) is 22.5. The lowest BCUT2D eigenvalue weighted by Crippen LogP contribution is -2.62. The van der Waals surface area contributed by atoms with Gasteiger partial charge in [-0.25, -0.2) is 18.0 Å². The number of nitrogens with zero attached hydrogens (tertiary/aromatic N) is 1. The molecule has 0 bridgehead atoms. The minimum absolute atomic E-state index is 0.413. The second-order valence-corrected chi connectivity index (χ2v) is 9.07. The number of hydrogen-bond donors (Lipinski definition) is 1. The SMILES string of the molecule is C=C1C(COC(C)=O)=C(C(=O)O)N2C(=O)/C(=C/C(=O)OC(C)(C)C)[C@H]2S1(=O)=O. The molecule has 1 atom stereocenters. The van der Waals surface area contributed by atoms with Crippen LogP contribution in [0.3, 0.4) is 0 Å². The maximum absolute atomic E-state index is 12.8. The van der Waals surface area contributed by atoms with Gasteiger partial charge in [-0.05, 0) is 20.8 Å². The van der Waals surface area contributed by atoms with Gasteiger partial charge in [0.05, 0.1) is 10.5 Å². The number of sulfone groups is 1. The summed E-state index contributed by atoms with van der Waals surface area (Å²) in [5, 5.41) is 7.77. The van der Waals surface area contributed by atoms with Gasteiger partial charge < -0.3 is 14.6 Å². The molecule has 28 heavy (non-hydrogen) atoms. The van der Waals surface area contributed by atoms with E-state index in [-0.39, 0.29) is 0 Å². The van der Waals surface area contributed by atoms with Gasteiger partial charge in [0.2, 0.25) is 9.84 Å². The maximum atomic E-state index is 12.8. The van der Waals surface area contributed by atoms with Crippen molar-refractivity contribution in [3.05, 3.63) is 34.4 Å². The van der Waals surface area contributed by atoms with Gasteiger partial charge in [-0.15, -0.1) is 0 Å². The highest BCUT2D eigenvalue weighted by Crippen LogP contribution is 2.44. The quantitative estimate of drug-likeness (QED) is 0.390. The number of amides is 1. The summed E-state index contributed by atoms with van der Waals surface area (Å²) >= 11 is 0. The topological polar surface area (TPSA) is 144 Å². The smallest absolute Gasteiger partial charge is 0.353 e. The number of esters is 2. The fraction of sp³-hybridized carbons (Fsp3) is 0.412. The molecule has 2 aliphatic heterocycles. The van der Waals surface area contributed by atoms with E-state index in [4.69, 9.17) is 9.47 Å². The monoisotopic (exact) mass is 413 g/mol. The van der Waals surface area contributed by atoms with Gasteiger partial charge in [0.15, 0.2) is 5.37 Å². The number of carboxylic acids is 1. The molecule has 2 heterocycles. The summed E-state index contributed by atoms with van der Waals surface area (Å²) in [4.78, 5) is 47.0. The Kier molecular flexibility index (Phi) is 5.26. The van der Waals surface area contributed by atoms with E-state index in [0.717, 1.165) is 13.0 Å². The zero-order chi connectivity index (χ0) is 21.6. The molecule has 2 rings (SSSR count). The van der Waals surface area contributed by atoms with Gasteiger partial charge >= 0.3 is 17.9 Å². The van der Waals surface area contributed by atoms with Crippen molar-refractivity contribution in [3.8, 4) is 0 Å². The van der Waals surface area contributed by atoms with Crippen molar-refractivity contribution < 1.29 is 42.2 Å². The van der Waals surface area contributed by atoms with Crippen LogP contribution in [0.4, 0.5) is 0 Å². The summed E-state index contributed by atoms with van der Waals surface area (Å²) in [6.07, 6.45) is 0.732. The van der Waals surface area contributed by atoms with Crippen LogP contribution in [0.25, 0.3) is 0 Å². The highest BCUT2D eigenvalue weighted by Gasteiger charge is 2.58. The fourth-order valence-corrected chi connectivity index (χ4v) is 4.43. The molecule has 0 aromatic carbocycles. The van der Waals surface area contributed by atoms with Gasteiger partial charge in [-0.2, -0.15) is 0 Å². The Morgan fingerprint density at radius 1 is 1.29 bits per heavy atom. The molecule has 1 saturated heterocycles. The second-order valence-electron chi connectivity index (χ2n) is 7.04. The van der Waals surface area contributed by atoms with Gasteiger partial charge in [-0.1, -0.05) is 6.58 Å². The molecule has 1 N–H and O–H groups in total. The number of carbonyl (C=O) groups is 4. The average molecular weight is 413 g/mol. The first kappa shape index (κ1) is 21.4. The molecular formula is C17H19NO9S. The van der Waals surface area contributed by atoms with Crippen LogP contribution >= 0.6 is 0 Å². The lowest BCUT2D eigenvalue weighted by Gasteiger charge is -2.45. The van der Waals surface area contributed by atoms with E-state index in [9.17, 15) is 32.7 Å². The Hall–Kier alpha value is -2.95.